The Labute approximate surface area is 62.7 Å². The maximum absolute atomic E-state index is 10.00. The molecule has 10 heavy (non-hydrogen) atoms. The molecule has 0 saturated carbocycles. The van der Waals surface area contributed by atoms with E-state index in [4.69, 9.17) is 4.74 Å². The molecule has 0 spiro atoms. The topological polar surface area (TPSA) is 39.2 Å². The van der Waals surface area contributed by atoms with Crippen molar-refractivity contribution < 1.29 is 9.53 Å². The van der Waals surface area contributed by atoms with Crippen molar-refractivity contribution in [2.24, 2.45) is 0 Å². The third-order valence-electron chi connectivity index (χ3n) is 0.998. The fourth-order valence-electron chi connectivity index (χ4n) is 0.561. The summed E-state index contributed by atoms with van der Waals surface area (Å²) in [7, 11) is 1.56. The van der Waals surface area contributed by atoms with Crippen molar-refractivity contribution in [3.63, 3.8) is 0 Å². The summed E-state index contributed by atoms with van der Waals surface area (Å²) < 4.78 is 4.83. The minimum Gasteiger partial charge on any atom is -0.473 e. The molecule has 0 aliphatic rings. The van der Waals surface area contributed by atoms with Crippen molar-refractivity contribution in [1.29, 1.82) is 0 Å². The third kappa shape index (κ3) is 1.54. The SMILES string of the molecule is COc1nc(CC=O)cs1. The number of aldehydes is 1. The number of aromatic nitrogens is 1. The van der Waals surface area contributed by atoms with Crippen LogP contribution in [0.25, 0.3) is 0 Å². The first-order valence-electron chi connectivity index (χ1n) is 2.79. The first-order chi connectivity index (χ1) is 4.86. The Morgan fingerprint density at radius 2 is 2.70 bits per heavy atom. The highest BCUT2D eigenvalue weighted by molar-refractivity contribution is 7.11. The van der Waals surface area contributed by atoms with Gasteiger partial charge in [-0.3, -0.25) is 0 Å². The van der Waals surface area contributed by atoms with Gasteiger partial charge in [0, 0.05) is 11.8 Å². The molecule has 0 amide bonds. The molecule has 0 aliphatic heterocycles. The number of rotatable bonds is 3. The minimum absolute atomic E-state index is 0.375. The Bertz CT molecular complexity index is 221. The number of thiazole rings is 1. The van der Waals surface area contributed by atoms with Crippen LogP contribution in [-0.4, -0.2) is 18.4 Å². The van der Waals surface area contributed by atoms with E-state index < -0.39 is 0 Å². The molecule has 0 atom stereocenters. The van der Waals surface area contributed by atoms with Crippen LogP contribution in [0.15, 0.2) is 5.38 Å². The summed E-state index contributed by atoms with van der Waals surface area (Å²) in [6, 6.07) is 0. The summed E-state index contributed by atoms with van der Waals surface area (Å²) in [5, 5.41) is 2.42. The smallest absolute Gasteiger partial charge is 0.273 e. The van der Waals surface area contributed by atoms with Crippen molar-refractivity contribution in [2.75, 3.05) is 7.11 Å². The molecule has 0 aliphatic carbocycles. The number of carbonyl (C=O) groups is 1. The van der Waals surface area contributed by atoms with E-state index in [1.165, 1.54) is 11.3 Å². The van der Waals surface area contributed by atoms with Crippen molar-refractivity contribution in [3.05, 3.63) is 11.1 Å². The zero-order valence-electron chi connectivity index (χ0n) is 5.53. The van der Waals surface area contributed by atoms with Crippen LogP contribution >= 0.6 is 11.3 Å². The van der Waals surface area contributed by atoms with Gasteiger partial charge in [0.15, 0.2) is 0 Å². The molecule has 0 saturated heterocycles. The van der Waals surface area contributed by atoms with Gasteiger partial charge in [-0.1, -0.05) is 11.3 Å². The van der Waals surface area contributed by atoms with Crippen LogP contribution in [0, 0.1) is 0 Å². The van der Waals surface area contributed by atoms with E-state index in [9.17, 15) is 4.79 Å². The lowest BCUT2D eigenvalue weighted by Crippen LogP contribution is -1.86. The van der Waals surface area contributed by atoms with Crippen molar-refractivity contribution in [3.8, 4) is 5.19 Å². The predicted molar refractivity (Wildman–Crippen MR) is 38.4 cm³/mol. The largest absolute Gasteiger partial charge is 0.473 e. The molecule has 3 nitrogen and oxygen atoms in total. The second-order valence-corrected chi connectivity index (χ2v) is 2.50. The van der Waals surface area contributed by atoms with E-state index in [0.717, 1.165) is 12.0 Å². The highest BCUT2D eigenvalue weighted by atomic mass is 32.1. The Kier molecular flexibility index (Phi) is 2.39. The van der Waals surface area contributed by atoms with Crippen LogP contribution in [0.3, 0.4) is 0 Å². The monoisotopic (exact) mass is 157 g/mol. The van der Waals surface area contributed by atoms with Gasteiger partial charge in [0.05, 0.1) is 12.8 Å². The summed E-state index contributed by atoms with van der Waals surface area (Å²) in [5.74, 6) is 0. The molecule has 0 fully saturated rings. The second-order valence-electron chi connectivity index (χ2n) is 1.68. The molecule has 0 bridgehead atoms. The van der Waals surface area contributed by atoms with Gasteiger partial charge in [-0.15, -0.1) is 0 Å². The van der Waals surface area contributed by atoms with E-state index >= 15 is 0 Å². The van der Waals surface area contributed by atoms with Gasteiger partial charge in [0.1, 0.15) is 6.29 Å². The van der Waals surface area contributed by atoms with Gasteiger partial charge in [-0.25, -0.2) is 4.98 Å². The summed E-state index contributed by atoms with van der Waals surface area (Å²) in [4.78, 5) is 14.0. The average Bonchev–Trinajstić information content (AvgIpc) is 2.37. The molecule has 0 unspecified atom stereocenters. The first-order valence-corrected chi connectivity index (χ1v) is 3.67. The normalized spacial score (nSPS) is 9.30. The van der Waals surface area contributed by atoms with Crippen molar-refractivity contribution in [1.82, 2.24) is 4.98 Å². The van der Waals surface area contributed by atoms with E-state index in [1.807, 2.05) is 5.38 Å². The lowest BCUT2D eigenvalue weighted by atomic mass is 10.4. The van der Waals surface area contributed by atoms with Crippen LogP contribution < -0.4 is 4.74 Å². The van der Waals surface area contributed by atoms with Gasteiger partial charge >= 0.3 is 0 Å². The summed E-state index contributed by atoms with van der Waals surface area (Å²) in [5.41, 5.74) is 0.775. The minimum atomic E-state index is 0.375. The number of hydrogen-bond donors (Lipinski definition) is 0. The second kappa shape index (κ2) is 3.31. The molecule has 1 aromatic rings. The zero-order valence-corrected chi connectivity index (χ0v) is 6.35. The van der Waals surface area contributed by atoms with Crippen LogP contribution in [0.4, 0.5) is 0 Å². The molecule has 0 radical (unpaired) electrons. The Morgan fingerprint density at radius 3 is 3.20 bits per heavy atom. The standard InChI is InChI=1S/C6H7NO2S/c1-9-6-7-5(2-3-8)4-10-6/h3-4H,2H2,1H3. The summed E-state index contributed by atoms with van der Waals surface area (Å²) >= 11 is 1.40. The quantitative estimate of drug-likeness (QED) is 0.612. The molecular weight excluding hydrogens is 150 g/mol. The Balaban J connectivity index is 2.67. The van der Waals surface area contributed by atoms with Gasteiger partial charge in [-0.05, 0) is 0 Å². The average molecular weight is 157 g/mol. The summed E-state index contributed by atoms with van der Waals surface area (Å²) in [6.07, 6.45) is 1.20. The number of carbonyl (C=O) groups excluding carboxylic acids is 1. The molecule has 4 heteroatoms. The van der Waals surface area contributed by atoms with E-state index in [-0.39, 0.29) is 0 Å². The molecule has 0 N–H and O–H groups in total. The van der Waals surface area contributed by atoms with Crippen molar-refractivity contribution in [2.45, 2.75) is 6.42 Å². The third-order valence-corrected chi connectivity index (χ3v) is 1.85. The van der Waals surface area contributed by atoms with Gasteiger partial charge in [-0.2, -0.15) is 0 Å². The molecule has 1 aromatic heterocycles. The predicted octanol–water partition coefficient (Wildman–Crippen LogP) is 0.893. The Hall–Kier alpha value is -0.900. The fraction of sp³-hybridized carbons (Fsp3) is 0.333. The van der Waals surface area contributed by atoms with E-state index in [2.05, 4.69) is 4.98 Å². The fourth-order valence-corrected chi connectivity index (χ4v) is 1.21. The molecule has 0 aromatic carbocycles. The maximum atomic E-state index is 10.00. The van der Waals surface area contributed by atoms with Gasteiger partial charge in [0.2, 0.25) is 0 Å². The van der Waals surface area contributed by atoms with Crippen LogP contribution in [-0.2, 0) is 11.2 Å². The highest BCUT2D eigenvalue weighted by Gasteiger charge is 1.98. The van der Waals surface area contributed by atoms with Crippen LogP contribution in [0.2, 0.25) is 0 Å². The summed E-state index contributed by atoms with van der Waals surface area (Å²) in [6.45, 7) is 0. The lowest BCUT2D eigenvalue weighted by Gasteiger charge is -1.86. The van der Waals surface area contributed by atoms with Crippen LogP contribution in [0.1, 0.15) is 5.69 Å². The van der Waals surface area contributed by atoms with Gasteiger partial charge < -0.3 is 9.53 Å². The molecular formula is C6H7NO2S. The zero-order chi connectivity index (χ0) is 7.40. The van der Waals surface area contributed by atoms with E-state index in [1.54, 1.807) is 7.11 Å². The number of nitrogens with zero attached hydrogens (tertiary/aromatic N) is 1. The molecule has 54 valence electrons. The number of methoxy groups -OCH3 is 1. The molecule has 1 heterocycles. The van der Waals surface area contributed by atoms with Crippen molar-refractivity contribution >= 4 is 17.6 Å². The number of hydrogen-bond acceptors (Lipinski definition) is 4. The molecule has 1 rings (SSSR count). The maximum Gasteiger partial charge on any atom is 0.273 e. The first kappa shape index (κ1) is 7.21. The Morgan fingerprint density at radius 1 is 1.90 bits per heavy atom. The van der Waals surface area contributed by atoms with Gasteiger partial charge in [0.25, 0.3) is 5.19 Å². The van der Waals surface area contributed by atoms with E-state index in [0.29, 0.717) is 11.6 Å². The number of ether oxygens (including phenoxy) is 1. The highest BCUT2D eigenvalue weighted by Crippen LogP contribution is 2.16. The van der Waals surface area contributed by atoms with Crippen LogP contribution in [0.5, 0.6) is 5.19 Å². The lowest BCUT2D eigenvalue weighted by molar-refractivity contribution is -0.107.